The molecule has 0 atom stereocenters. The van der Waals surface area contributed by atoms with E-state index in [0.29, 0.717) is 30.2 Å². The van der Waals surface area contributed by atoms with Gasteiger partial charge in [0.25, 0.3) is 0 Å². The molecule has 1 aromatic carbocycles. The van der Waals surface area contributed by atoms with Crippen LogP contribution in [0, 0.1) is 0 Å². The maximum atomic E-state index is 12.3. The van der Waals surface area contributed by atoms with Crippen molar-refractivity contribution >= 4 is 11.7 Å². The number of hydrogen-bond acceptors (Lipinski definition) is 5. The van der Waals surface area contributed by atoms with Crippen LogP contribution in [0.2, 0.25) is 0 Å². The molecule has 0 saturated carbocycles. The third-order valence-electron chi connectivity index (χ3n) is 3.73. The monoisotopic (exact) mass is 322 g/mol. The molecule has 0 bridgehead atoms. The zero-order chi connectivity index (χ0) is 17.1. The summed E-state index contributed by atoms with van der Waals surface area (Å²) in [4.78, 5) is 14.6. The van der Waals surface area contributed by atoms with E-state index in [0.717, 1.165) is 38.9 Å². The van der Waals surface area contributed by atoms with Crippen LogP contribution in [0.3, 0.4) is 0 Å². The van der Waals surface area contributed by atoms with Gasteiger partial charge in [-0.25, -0.2) is 4.79 Å². The number of ether oxygens (including phenoxy) is 2. The van der Waals surface area contributed by atoms with E-state index in [4.69, 9.17) is 15.2 Å². The summed E-state index contributed by atoms with van der Waals surface area (Å²) in [6.07, 6.45) is 2.81. The number of carbonyl (C=O) groups is 1. The second kappa shape index (κ2) is 10.9. The van der Waals surface area contributed by atoms with Crippen LogP contribution in [0.25, 0.3) is 0 Å². The third-order valence-corrected chi connectivity index (χ3v) is 3.73. The number of esters is 1. The quantitative estimate of drug-likeness (QED) is 0.384. The number of anilines is 1. The zero-order valence-electron chi connectivity index (χ0n) is 14.6. The molecule has 0 amide bonds. The molecule has 0 aliphatic heterocycles. The Morgan fingerprint density at radius 1 is 1.13 bits per heavy atom. The first-order valence-electron chi connectivity index (χ1n) is 8.54. The summed E-state index contributed by atoms with van der Waals surface area (Å²) < 4.78 is 11.0. The molecule has 2 N–H and O–H groups in total. The normalized spacial score (nSPS) is 10.8. The van der Waals surface area contributed by atoms with Crippen LogP contribution >= 0.6 is 0 Å². The summed E-state index contributed by atoms with van der Waals surface area (Å²) in [7, 11) is 0. The Labute approximate surface area is 139 Å². The Bertz CT molecular complexity index is 473. The van der Waals surface area contributed by atoms with Crippen LogP contribution in [0.4, 0.5) is 5.69 Å². The summed E-state index contributed by atoms with van der Waals surface area (Å²) in [6, 6.07) is 5.09. The number of carbonyl (C=O) groups excluding carboxylic acids is 1. The highest BCUT2D eigenvalue weighted by Gasteiger charge is 2.15. The largest absolute Gasteiger partial charge is 0.493 e. The summed E-state index contributed by atoms with van der Waals surface area (Å²) in [5, 5.41) is 0. The van der Waals surface area contributed by atoms with Gasteiger partial charge in [-0.3, -0.25) is 0 Å². The number of nitrogens with zero attached hydrogens (tertiary/aromatic N) is 1. The number of nitrogen functional groups attached to an aromatic ring is 1. The van der Waals surface area contributed by atoms with Crippen LogP contribution in [-0.4, -0.2) is 43.7 Å². The number of nitrogens with two attached hydrogens (primary N) is 1. The second-order valence-electron chi connectivity index (χ2n) is 5.47. The van der Waals surface area contributed by atoms with Crippen LogP contribution in [0.5, 0.6) is 5.75 Å². The molecule has 5 heteroatoms. The van der Waals surface area contributed by atoms with Gasteiger partial charge >= 0.3 is 5.97 Å². The SMILES string of the molecule is CCCCOc1ccc(N)cc1C(=O)OCCCN(CC)CC. The molecule has 0 aromatic heterocycles. The maximum Gasteiger partial charge on any atom is 0.341 e. The van der Waals surface area contributed by atoms with Crippen molar-refractivity contribution in [2.75, 3.05) is 38.6 Å². The number of unbranched alkanes of at least 4 members (excludes halogenated alkanes) is 1. The molecule has 0 spiro atoms. The van der Waals surface area contributed by atoms with Crippen molar-refractivity contribution in [1.82, 2.24) is 4.90 Å². The Hall–Kier alpha value is -1.75. The van der Waals surface area contributed by atoms with Gasteiger partial charge in [0, 0.05) is 12.2 Å². The highest BCUT2D eigenvalue weighted by molar-refractivity contribution is 5.93. The number of rotatable bonds is 11. The average Bonchev–Trinajstić information content (AvgIpc) is 2.56. The number of benzene rings is 1. The molecule has 5 nitrogen and oxygen atoms in total. The lowest BCUT2D eigenvalue weighted by molar-refractivity contribution is 0.0485. The van der Waals surface area contributed by atoms with Crippen LogP contribution in [0.1, 0.15) is 50.4 Å². The molecule has 1 aromatic rings. The van der Waals surface area contributed by atoms with Crippen molar-refractivity contribution in [3.63, 3.8) is 0 Å². The Morgan fingerprint density at radius 2 is 1.87 bits per heavy atom. The molecule has 23 heavy (non-hydrogen) atoms. The van der Waals surface area contributed by atoms with Crippen LogP contribution < -0.4 is 10.5 Å². The molecular formula is C18H30N2O3. The van der Waals surface area contributed by atoms with Crippen molar-refractivity contribution < 1.29 is 14.3 Å². The van der Waals surface area contributed by atoms with Gasteiger partial charge in [-0.15, -0.1) is 0 Å². The summed E-state index contributed by atoms with van der Waals surface area (Å²) >= 11 is 0. The molecule has 1 rings (SSSR count). The van der Waals surface area contributed by atoms with E-state index >= 15 is 0 Å². The average molecular weight is 322 g/mol. The lowest BCUT2D eigenvalue weighted by atomic mass is 10.2. The van der Waals surface area contributed by atoms with Gasteiger partial charge < -0.3 is 20.1 Å². The van der Waals surface area contributed by atoms with Crippen LogP contribution in [-0.2, 0) is 4.74 Å². The Balaban J connectivity index is 2.55. The fraction of sp³-hybridized carbons (Fsp3) is 0.611. The standard InChI is InChI=1S/C18H30N2O3/c1-4-7-12-22-17-10-9-15(19)14-16(17)18(21)23-13-8-11-20(5-2)6-3/h9-10,14H,4-8,11-13,19H2,1-3H3. The van der Waals surface area contributed by atoms with Crippen molar-refractivity contribution in [3.8, 4) is 5.75 Å². The van der Waals surface area contributed by atoms with E-state index in [9.17, 15) is 4.79 Å². The van der Waals surface area contributed by atoms with E-state index in [1.54, 1.807) is 18.2 Å². The zero-order valence-corrected chi connectivity index (χ0v) is 14.6. The molecule has 0 heterocycles. The minimum absolute atomic E-state index is 0.372. The molecule has 0 unspecified atom stereocenters. The van der Waals surface area contributed by atoms with Crippen molar-refractivity contribution in [2.45, 2.75) is 40.0 Å². The summed E-state index contributed by atoms with van der Waals surface area (Å²) in [5.41, 5.74) is 6.72. The summed E-state index contributed by atoms with van der Waals surface area (Å²) in [6.45, 7) is 10.3. The van der Waals surface area contributed by atoms with E-state index in [2.05, 4.69) is 25.7 Å². The lowest BCUT2D eigenvalue weighted by Crippen LogP contribution is -2.25. The lowest BCUT2D eigenvalue weighted by Gasteiger charge is -2.17. The molecular weight excluding hydrogens is 292 g/mol. The molecule has 0 saturated heterocycles. The second-order valence-corrected chi connectivity index (χ2v) is 5.47. The molecule has 0 aliphatic rings. The van der Waals surface area contributed by atoms with Gasteiger partial charge in [-0.1, -0.05) is 27.2 Å². The fourth-order valence-corrected chi connectivity index (χ4v) is 2.23. The van der Waals surface area contributed by atoms with E-state index in [1.807, 2.05) is 0 Å². The molecule has 130 valence electrons. The number of hydrogen-bond donors (Lipinski definition) is 1. The van der Waals surface area contributed by atoms with Gasteiger partial charge in [-0.2, -0.15) is 0 Å². The Kier molecular flexibility index (Phi) is 9.14. The highest BCUT2D eigenvalue weighted by atomic mass is 16.5. The van der Waals surface area contributed by atoms with Gasteiger partial charge in [0.1, 0.15) is 11.3 Å². The van der Waals surface area contributed by atoms with E-state index < -0.39 is 0 Å². The third kappa shape index (κ3) is 6.91. The van der Waals surface area contributed by atoms with Gasteiger partial charge in [0.2, 0.25) is 0 Å². The van der Waals surface area contributed by atoms with Crippen molar-refractivity contribution in [3.05, 3.63) is 23.8 Å². The van der Waals surface area contributed by atoms with Crippen LogP contribution in [0.15, 0.2) is 18.2 Å². The topological polar surface area (TPSA) is 64.8 Å². The predicted molar refractivity (Wildman–Crippen MR) is 93.9 cm³/mol. The Morgan fingerprint density at radius 3 is 2.52 bits per heavy atom. The van der Waals surface area contributed by atoms with Crippen molar-refractivity contribution in [1.29, 1.82) is 0 Å². The predicted octanol–water partition coefficient (Wildman–Crippen LogP) is 3.34. The first-order chi connectivity index (χ1) is 11.1. The first kappa shape index (κ1) is 19.3. The minimum atomic E-state index is -0.372. The van der Waals surface area contributed by atoms with E-state index in [-0.39, 0.29) is 5.97 Å². The van der Waals surface area contributed by atoms with Crippen molar-refractivity contribution in [2.24, 2.45) is 0 Å². The highest BCUT2D eigenvalue weighted by Crippen LogP contribution is 2.22. The molecule has 0 radical (unpaired) electrons. The smallest absolute Gasteiger partial charge is 0.341 e. The van der Waals surface area contributed by atoms with E-state index in [1.165, 1.54) is 0 Å². The first-order valence-corrected chi connectivity index (χ1v) is 8.54. The maximum absolute atomic E-state index is 12.3. The van der Waals surface area contributed by atoms with Gasteiger partial charge in [0.15, 0.2) is 0 Å². The van der Waals surface area contributed by atoms with Gasteiger partial charge in [0.05, 0.1) is 13.2 Å². The fourth-order valence-electron chi connectivity index (χ4n) is 2.23. The van der Waals surface area contributed by atoms with Gasteiger partial charge in [-0.05, 0) is 44.1 Å². The summed E-state index contributed by atoms with van der Waals surface area (Å²) in [5.74, 6) is 0.171. The molecule has 0 fully saturated rings. The minimum Gasteiger partial charge on any atom is -0.493 e. The molecule has 0 aliphatic carbocycles.